The molecular weight excluding hydrogens is 328 g/mol. The topological polar surface area (TPSA) is 29.5 Å². The summed E-state index contributed by atoms with van der Waals surface area (Å²) in [5.41, 5.74) is 0.467. The van der Waals surface area contributed by atoms with Crippen molar-refractivity contribution in [2.75, 3.05) is 7.11 Å². The van der Waals surface area contributed by atoms with Crippen molar-refractivity contribution in [2.45, 2.75) is 52.1 Å². The molecule has 1 aromatic rings. The fourth-order valence-corrected chi connectivity index (χ4v) is 4.37. The summed E-state index contributed by atoms with van der Waals surface area (Å²) < 4.78 is 6.51. The summed E-state index contributed by atoms with van der Waals surface area (Å²) in [7, 11) is 1.69. The summed E-state index contributed by atoms with van der Waals surface area (Å²) >= 11 is 3.53. The van der Waals surface area contributed by atoms with Crippen LogP contribution in [0.2, 0.25) is 0 Å². The minimum Gasteiger partial charge on any atom is -0.496 e. The lowest BCUT2D eigenvalue weighted by Crippen LogP contribution is -2.47. The molecule has 0 aromatic heterocycles. The highest BCUT2D eigenvalue weighted by atomic mass is 79.9. The zero-order chi connectivity index (χ0) is 15.6. The molecule has 1 fully saturated rings. The highest BCUT2D eigenvalue weighted by molar-refractivity contribution is 9.10. The Morgan fingerprint density at radius 1 is 1.38 bits per heavy atom. The van der Waals surface area contributed by atoms with Gasteiger partial charge in [0.1, 0.15) is 5.75 Å². The van der Waals surface area contributed by atoms with Crippen LogP contribution < -0.4 is 4.74 Å². The van der Waals surface area contributed by atoms with Crippen LogP contribution in [-0.4, -0.2) is 17.8 Å². The van der Waals surface area contributed by atoms with E-state index in [0.717, 1.165) is 28.6 Å². The summed E-state index contributed by atoms with van der Waals surface area (Å²) in [6, 6.07) is 6.03. The molecule has 1 aliphatic carbocycles. The molecule has 118 valence electrons. The van der Waals surface area contributed by atoms with Crippen LogP contribution in [0.1, 0.15) is 45.6 Å². The van der Waals surface area contributed by atoms with Crippen molar-refractivity contribution in [3.8, 4) is 5.75 Å². The fraction of sp³-hybridized carbons (Fsp3) is 0.667. The van der Waals surface area contributed by atoms with Crippen molar-refractivity contribution >= 4 is 15.9 Å². The lowest BCUT2D eigenvalue weighted by Gasteiger charge is -2.45. The van der Waals surface area contributed by atoms with E-state index in [1.807, 2.05) is 12.1 Å². The molecule has 0 saturated heterocycles. The molecule has 1 aromatic carbocycles. The molecule has 0 radical (unpaired) electrons. The molecule has 3 unspecified atom stereocenters. The van der Waals surface area contributed by atoms with Gasteiger partial charge in [0.15, 0.2) is 0 Å². The van der Waals surface area contributed by atoms with Gasteiger partial charge in [-0.1, -0.05) is 43.1 Å². The maximum Gasteiger partial charge on any atom is 0.122 e. The van der Waals surface area contributed by atoms with Crippen LogP contribution in [0.25, 0.3) is 0 Å². The minimum atomic E-state index is -0.625. The second-order valence-electron chi connectivity index (χ2n) is 6.97. The molecule has 1 N–H and O–H groups in total. The Balaban J connectivity index is 2.31. The van der Waals surface area contributed by atoms with Gasteiger partial charge in [0.2, 0.25) is 0 Å². The molecule has 2 nitrogen and oxygen atoms in total. The van der Waals surface area contributed by atoms with Gasteiger partial charge in [-0.05, 0) is 54.4 Å². The Hall–Kier alpha value is -0.540. The van der Waals surface area contributed by atoms with Gasteiger partial charge in [-0.15, -0.1) is 0 Å². The van der Waals surface area contributed by atoms with Crippen molar-refractivity contribution < 1.29 is 9.84 Å². The smallest absolute Gasteiger partial charge is 0.122 e. The third-order valence-electron chi connectivity index (χ3n) is 4.91. The van der Waals surface area contributed by atoms with Gasteiger partial charge >= 0.3 is 0 Å². The van der Waals surface area contributed by atoms with E-state index in [1.54, 1.807) is 7.11 Å². The molecule has 0 aliphatic heterocycles. The summed E-state index contributed by atoms with van der Waals surface area (Å²) in [5, 5.41) is 11.4. The highest BCUT2D eigenvalue weighted by Crippen LogP contribution is 2.44. The Morgan fingerprint density at radius 3 is 2.71 bits per heavy atom. The number of ether oxygens (including phenoxy) is 1. The van der Waals surface area contributed by atoms with Crippen LogP contribution in [0, 0.1) is 17.8 Å². The maximum absolute atomic E-state index is 11.4. The first-order valence-electron chi connectivity index (χ1n) is 7.90. The van der Waals surface area contributed by atoms with Crippen LogP contribution >= 0.6 is 15.9 Å². The standard InChI is InChI=1S/C18H27BrO2/c1-12(2)16-7-5-13(3)10-18(16,20)11-14-9-15(19)6-8-17(14)21-4/h6,8-9,12-13,16,20H,5,7,10-11H2,1-4H3. The molecule has 3 heteroatoms. The van der Waals surface area contributed by atoms with E-state index >= 15 is 0 Å². The highest BCUT2D eigenvalue weighted by Gasteiger charge is 2.43. The van der Waals surface area contributed by atoms with Crippen LogP contribution in [0.4, 0.5) is 0 Å². The van der Waals surface area contributed by atoms with Crippen molar-refractivity contribution in [3.05, 3.63) is 28.2 Å². The third-order valence-corrected chi connectivity index (χ3v) is 5.40. The molecule has 0 spiro atoms. The van der Waals surface area contributed by atoms with Crippen LogP contribution in [0.5, 0.6) is 5.75 Å². The summed E-state index contributed by atoms with van der Waals surface area (Å²) in [6.45, 7) is 6.70. The molecule has 1 aliphatic rings. The first kappa shape index (κ1) is 16.8. The Morgan fingerprint density at radius 2 is 2.10 bits per heavy atom. The quantitative estimate of drug-likeness (QED) is 0.839. The maximum atomic E-state index is 11.4. The van der Waals surface area contributed by atoms with E-state index < -0.39 is 5.60 Å². The largest absolute Gasteiger partial charge is 0.496 e. The van der Waals surface area contributed by atoms with Crippen LogP contribution in [0.15, 0.2) is 22.7 Å². The third kappa shape index (κ3) is 3.81. The molecule has 1 saturated carbocycles. The van der Waals surface area contributed by atoms with E-state index in [9.17, 15) is 5.11 Å². The summed E-state index contributed by atoms with van der Waals surface area (Å²) in [4.78, 5) is 0. The van der Waals surface area contributed by atoms with E-state index in [1.165, 1.54) is 6.42 Å². The zero-order valence-corrected chi connectivity index (χ0v) is 15.1. The van der Waals surface area contributed by atoms with E-state index in [0.29, 0.717) is 24.2 Å². The number of hydrogen-bond acceptors (Lipinski definition) is 2. The Kier molecular flexibility index (Phi) is 5.37. The number of methoxy groups -OCH3 is 1. The monoisotopic (exact) mass is 354 g/mol. The van der Waals surface area contributed by atoms with E-state index in [4.69, 9.17) is 4.74 Å². The average Bonchev–Trinajstić information content (AvgIpc) is 2.37. The molecule has 0 bridgehead atoms. The molecule has 0 amide bonds. The Labute approximate surface area is 137 Å². The predicted molar refractivity (Wildman–Crippen MR) is 90.7 cm³/mol. The number of hydrogen-bond donors (Lipinski definition) is 1. The SMILES string of the molecule is COc1ccc(Br)cc1CC1(O)CC(C)CCC1C(C)C. The van der Waals surface area contributed by atoms with Gasteiger partial charge in [0, 0.05) is 10.9 Å². The lowest BCUT2D eigenvalue weighted by molar-refractivity contribution is -0.0797. The average molecular weight is 355 g/mol. The molecule has 0 heterocycles. The second kappa shape index (κ2) is 6.70. The van der Waals surface area contributed by atoms with Crippen molar-refractivity contribution in [2.24, 2.45) is 17.8 Å². The van der Waals surface area contributed by atoms with Crippen molar-refractivity contribution in [1.29, 1.82) is 0 Å². The van der Waals surface area contributed by atoms with E-state index in [-0.39, 0.29) is 0 Å². The zero-order valence-electron chi connectivity index (χ0n) is 13.5. The number of halogens is 1. The second-order valence-corrected chi connectivity index (χ2v) is 7.89. The van der Waals surface area contributed by atoms with Gasteiger partial charge in [-0.2, -0.15) is 0 Å². The Bertz CT molecular complexity index is 486. The summed E-state index contributed by atoms with van der Waals surface area (Å²) in [5.74, 6) is 2.31. The number of aliphatic hydroxyl groups is 1. The lowest BCUT2D eigenvalue weighted by atomic mass is 9.65. The molecular formula is C18H27BrO2. The van der Waals surface area contributed by atoms with Gasteiger partial charge in [0.25, 0.3) is 0 Å². The first-order valence-corrected chi connectivity index (χ1v) is 8.70. The first-order chi connectivity index (χ1) is 9.85. The minimum absolute atomic E-state index is 0.359. The van der Waals surface area contributed by atoms with Crippen LogP contribution in [-0.2, 0) is 6.42 Å². The predicted octanol–water partition coefficient (Wildman–Crippen LogP) is 4.82. The van der Waals surface area contributed by atoms with Gasteiger partial charge in [0.05, 0.1) is 12.7 Å². The van der Waals surface area contributed by atoms with Gasteiger partial charge in [-0.3, -0.25) is 0 Å². The molecule has 3 atom stereocenters. The van der Waals surface area contributed by atoms with Gasteiger partial charge in [-0.25, -0.2) is 0 Å². The normalized spacial score (nSPS) is 29.7. The fourth-order valence-electron chi connectivity index (χ4n) is 3.96. The van der Waals surface area contributed by atoms with E-state index in [2.05, 4.69) is 42.8 Å². The molecule has 2 rings (SSSR count). The van der Waals surface area contributed by atoms with Crippen LogP contribution in [0.3, 0.4) is 0 Å². The van der Waals surface area contributed by atoms with Crippen molar-refractivity contribution in [3.63, 3.8) is 0 Å². The summed E-state index contributed by atoms with van der Waals surface area (Å²) in [6.07, 6.45) is 3.89. The van der Waals surface area contributed by atoms with Crippen molar-refractivity contribution in [1.82, 2.24) is 0 Å². The molecule has 21 heavy (non-hydrogen) atoms. The van der Waals surface area contributed by atoms with Gasteiger partial charge < -0.3 is 9.84 Å². The number of rotatable bonds is 4. The number of benzene rings is 1.